The standard InChI is InChI=1S/C8H16N2O2/c1-5-12-8(11)7(2)6-9-10(3)4/h9H,2,5-6H2,1,3-4H3. The summed E-state index contributed by atoms with van der Waals surface area (Å²) in [6, 6.07) is 0. The molecule has 0 aromatic carbocycles. The van der Waals surface area contributed by atoms with E-state index in [2.05, 4.69) is 12.0 Å². The maximum atomic E-state index is 11.0. The van der Waals surface area contributed by atoms with Crippen molar-refractivity contribution < 1.29 is 9.53 Å². The van der Waals surface area contributed by atoms with Crippen molar-refractivity contribution >= 4 is 5.97 Å². The maximum Gasteiger partial charge on any atom is 0.334 e. The first-order valence-corrected chi connectivity index (χ1v) is 3.83. The van der Waals surface area contributed by atoms with Crippen LogP contribution in [0.15, 0.2) is 12.2 Å². The number of nitrogens with one attached hydrogen (secondary N) is 1. The van der Waals surface area contributed by atoms with Gasteiger partial charge in [-0.25, -0.2) is 4.79 Å². The summed E-state index contributed by atoms with van der Waals surface area (Å²) in [4.78, 5) is 11.0. The summed E-state index contributed by atoms with van der Waals surface area (Å²) in [5, 5.41) is 1.75. The Bertz CT molecular complexity index is 166. The first kappa shape index (κ1) is 11.1. The third-order valence-corrected chi connectivity index (χ3v) is 1.17. The van der Waals surface area contributed by atoms with Gasteiger partial charge in [0.2, 0.25) is 0 Å². The van der Waals surface area contributed by atoms with Crippen LogP contribution in [0.5, 0.6) is 0 Å². The number of hydrogen-bond acceptors (Lipinski definition) is 4. The van der Waals surface area contributed by atoms with Gasteiger partial charge in [0.1, 0.15) is 0 Å². The minimum Gasteiger partial charge on any atom is -0.463 e. The molecule has 0 bridgehead atoms. The Hall–Kier alpha value is -0.870. The number of carbonyl (C=O) groups is 1. The molecule has 0 rings (SSSR count). The third kappa shape index (κ3) is 4.87. The molecule has 0 amide bonds. The normalized spacial score (nSPS) is 10.0. The first-order chi connectivity index (χ1) is 5.57. The zero-order valence-electron chi connectivity index (χ0n) is 7.89. The van der Waals surface area contributed by atoms with E-state index in [4.69, 9.17) is 4.74 Å². The van der Waals surface area contributed by atoms with Gasteiger partial charge in [0.15, 0.2) is 0 Å². The number of ether oxygens (including phenoxy) is 1. The maximum absolute atomic E-state index is 11.0. The second-order valence-electron chi connectivity index (χ2n) is 2.55. The number of rotatable bonds is 5. The van der Waals surface area contributed by atoms with Crippen molar-refractivity contribution in [2.45, 2.75) is 6.92 Å². The summed E-state index contributed by atoms with van der Waals surface area (Å²) >= 11 is 0. The van der Waals surface area contributed by atoms with Gasteiger partial charge in [-0.1, -0.05) is 6.58 Å². The van der Waals surface area contributed by atoms with Crippen molar-refractivity contribution in [1.29, 1.82) is 0 Å². The Kier molecular flexibility index (Phi) is 5.32. The number of hydrazine groups is 1. The van der Waals surface area contributed by atoms with Crippen LogP contribution in [0.3, 0.4) is 0 Å². The van der Waals surface area contributed by atoms with E-state index in [1.165, 1.54) is 0 Å². The van der Waals surface area contributed by atoms with Crippen LogP contribution in [0, 0.1) is 0 Å². The number of esters is 1. The molecule has 0 aliphatic rings. The molecule has 1 N–H and O–H groups in total. The highest BCUT2D eigenvalue weighted by atomic mass is 16.5. The number of hydrogen-bond donors (Lipinski definition) is 1. The quantitative estimate of drug-likeness (QED) is 0.365. The summed E-state index contributed by atoms with van der Waals surface area (Å²) < 4.78 is 4.74. The van der Waals surface area contributed by atoms with Crippen molar-refractivity contribution in [2.24, 2.45) is 0 Å². The van der Waals surface area contributed by atoms with E-state index in [0.717, 1.165) is 0 Å². The molecule has 12 heavy (non-hydrogen) atoms. The van der Waals surface area contributed by atoms with Crippen molar-refractivity contribution in [3.8, 4) is 0 Å². The van der Waals surface area contributed by atoms with Crippen molar-refractivity contribution in [1.82, 2.24) is 10.4 Å². The van der Waals surface area contributed by atoms with Gasteiger partial charge in [0.05, 0.1) is 6.61 Å². The zero-order valence-corrected chi connectivity index (χ0v) is 7.89. The van der Waals surface area contributed by atoms with Gasteiger partial charge in [0, 0.05) is 26.2 Å². The highest BCUT2D eigenvalue weighted by Crippen LogP contribution is 1.92. The summed E-state index contributed by atoms with van der Waals surface area (Å²) in [6.07, 6.45) is 0. The molecule has 0 aliphatic carbocycles. The molecular formula is C8H16N2O2. The van der Waals surface area contributed by atoms with E-state index in [1.54, 1.807) is 11.9 Å². The number of nitrogens with zero attached hydrogens (tertiary/aromatic N) is 1. The van der Waals surface area contributed by atoms with Crippen LogP contribution in [-0.4, -0.2) is 38.2 Å². The van der Waals surface area contributed by atoms with Gasteiger partial charge in [-0.05, 0) is 6.92 Å². The average Bonchev–Trinajstić information content (AvgIpc) is 2.00. The smallest absolute Gasteiger partial charge is 0.334 e. The summed E-state index contributed by atoms with van der Waals surface area (Å²) in [6.45, 7) is 6.16. The van der Waals surface area contributed by atoms with Crippen molar-refractivity contribution in [3.05, 3.63) is 12.2 Å². The minimum absolute atomic E-state index is 0.341. The Balaban J connectivity index is 3.65. The molecule has 0 saturated heterocycles. The Labute approximate surface area is 73.2 Å². The van der Waals surface area contributed by atoms with Gasteiger partial charge in [0.25, 0.3) is 0 Å². The molecule has 0 unspecified atom stereocenters. The van der Waals surface area contributed by atoms with Crippen LogP contribution >= 0.6 is 0 Å². The predicted octanol–water partition coefficient (Wildman–Crippen LogP) is 0.172. The van der Waals surface area contributed by atoms with Crippen LogP contribution < -0.4 is 5.43 Å². The number of carbonyl (C=O) groups excluding carboxylic acids is 1. The first-order valence-electron chi connectivity index (χ1n) is 3.83. The van der Waals surface area contributed by atoms with Crippen molar-refractivity contribution in [3.63, 3.8) is 0 Å². The van der Waals surface area contributed by atoms with Crippen molar-refractivity contribution in [2.75, 3.05) is 27.2 Å². The Morgan fingerprint density at radius 2 is 2.17 bits per heavy atom. The molecule has 0 atom stereocenters. The predicted molar refractivity (Wildman–Crippen MR) is 47.5 cm³/mol. The molecule has 0 heterocycles. The van der Waals surface area contributed by atoms with Gasteiger partial charge < -0.3 is 4.74 Å². The van der Waals surface area contributed by atoms with Gasteiger partial charge >= 0.3 is 5.97 Å². The lowest BCUT2D eigenvalue weighted by Crippen LogP contribution is -2.33. The van der Waals surface area contributed by atoms with E-state index < -0.39 is 0 Å². The molecular weight excluding hydrogens is 156 g/mol. The fraction of sp³-hybridized carbons (Fsp3) is 0.625. The lowest BCUT2D eigenvalue weighted by Gasteiger charge is -2.12. The molecule has 4 nitrogen and oxygen atoms in total. The Morgan fingerprint density at radius 3 is 2.58 bits per heavy atom. The minimum atomic E-state index is -0.341. The second kappa shape index (κ2) is 5.74. The van der Waals surface area contributed by atoms with E-state index >= 15 is 0 Å². The molecule has 4 heteroatoms. The summed E-state index contributed by atoms with van der Waals surface area (Å²) in [5.41, 5.74) is 3.35. The SMILES string of the molecule is C=C(CNN(C)C)C(=O)OCC. The second-order valence-corrected chi connectivity index (χ2v) is 2.55. The molecule has 0 spiro atoms. The van der Waals surface area contributed by atoms with Gasteiger partial charge in [-0.15, -0.1) is 0 Å². The fourth-order valence-electron chi connectivity index (χ4n) is 0.559. The fourth-order valence-corrected chi connectivity index (χ4v) is 0.559. The monoisotopic (exact) mass is 172 g/mol. The van der Waals surface area contributed by atoms with Crippen LogP contribution in [0.25, 0.3) is 0 Å². The lowest BCUT2D eigenvalue weighted by atomic mass is 10.3. The van der Waals surface area contributed by atoms with Gasteiger partial charge in [-0.2, -0.15) is 0 Å². The largest absolute Gasteiger partial charge is 0.463 e. The lowest BCUT2D eigenvalue weighted by molar-refractivity contribution is -0.138. The Morgan fingerprint density at radius 1 is 1.58 bits per heavy atom. The van der Waals surface area contributed by atoms with E-state index in [9.17, 15) is 4.79 Å². The topological polar surface area (TPSA) is 41.6 Å². The molecule has 70 valence electrons. The van der Waals surface area contributed by atoms with Crippen LogP contribution in [0.1, 0.15) is 6.92 Å². The molecule has 0 aromatic rings. The summed E-state index contributed by atoms with van der Waals surface area (Å²) in [7, 11) is 3.69. The summed E-state index contributed by atoms with van der Waals surface area (Å²) in [5.74, 6) is -0.341. The highest BCUT2D eigenvalue weighted by molar-refractivity contribution is 5.88. The van der Waals surface area contributed by atoms with E-state index in [0.29, 0.717) is 18.7 Å². The van der Waals surface area contributed by atoms with Crippen LogP contribution in [-0.2, 0) is 9.53 Å². The van der Waals surface area contributed by atoms with E-state index in [1.807, 2.05) is 14.1 Å². The third-order valence-electron chi connectivity index (χ3n) is 1.17. The van der Waals surface area contributed by atoms with Crippen LogP contribution in [0.2, 0.25) is 0 Å². The van der Waals surface area contributed by atoms with Gasteiger partial charge in [-0.3, -0.25) is 10.4 Å². The average molecular weight is 172 g/mol. The van der Waals surface area contributed by atoms with E-state index in [-0.39, 0.29) is 5.97 Å². The molecule has 0 aromatic heterocycles. The molecule has 0 aliphatic heterocycles. The molecule has 0 radical (unpaired) electrons. The molecule has 0 saturated carbocycles. The highest BCUT2D eigenvalue weighted by Gasteiger charge is 2.06. The zero-order chi connectivity index (χ0) is 9.56. The molecule has 0 fully saturated rings. The van der Waals surface area contributed by atoms with Crippen LogP contribution in [0.4, 0.5) is 0 Å².